The molecule has 0 bridgehead atoms. The Labute approximate surface area is 121 Å². The number of hydrogen-bond acceptors (Lipinski definition) is 4. The van der Waals surface area contributed by atoms with Gasteiger partial charge in [-0.05, 0) is 12.1 Å². The van der Waals surface area contributed by atoms with Gasteiger partial charge in [0, 0.05) is 23.7 Å². The summed E-state index contributed by atoms with van der Waals surface area (Å²) in [6.07, 6.45) is 0.295. The fourth-order valence-corrected chi connectivity index (χ4v) is 2.59. The van der Waals surface area contributed by atoms with E-state index in [9.17, 15) is 4.79 Å². The van der Waals surface area contributed by atoms with Crippen molar-refractivity contribution in [1.82, 2.24) is 0 Å². The van der Waals surface area contributed by atoms with E-state index in [0.717, 1.165) is 5.69 Å². The number of methoxy groups -OCH3 is 1. The molecule has 0 spiro atoms. The first kappa shape index (κ1) is 14.1. The van der Waals surface area contributed by atoms with Gasteiger partial charge >= 0.3 is 0 Å². The smallest absolute Gasteiger partial charge is 0.268 e. The van der Waals surface area contributed by atoms with Gasteiger partial charge in [0.05, 0.1) is 24.5 Å². The number of benzene rings is 1. The van der Waals surface area contributed by atoms with Crippen LogP contribution < -0.4 is 9.64 Å². The molecule has 0 N–H and O–H groups in total. The van der Waals surface area contributed by atoms with Crippen molar-refractivity contribution in [3.8, 4) is 11.8 Å². The third-order valence-corrected chi connectivity index (χ3v) is 3.68. The van der Waals surface area contributed by atoms with E-state index in [1.54, 1.807) is 23.5 Å². The lowest BCUT2D eigenvalue weighted by atomic mass is 10.2. The van der Waals surface area contributed by atoms with Crippen molar-refractivity contribution in [2.24, 2.45) is 0 Å². The molecule has 0 aliphatic rings. The van der Waals surface area contributed by atoms with E-state index < -0.39 is 0 Å². The van der Waals surface area contributed by atoms with Crippen molar-refractivity contribution < 1.29 is 9.53 Å². The average Bonchev–Trinajstić information content (AvgIpc) is 2.97. The van der Waals surface area contributed by atoms with Crippen LogP contribution in [-0.2, 0) is 0 Å². The average molecular weight is 286 g/mol. The predicted molar refractivity (Wildman–Crippen MR) is 79.2 cm³/mol. The predicted octanol–water partition coefficient (Wildman–Crippen LogP) is 3.32. The second-order valence-corrected chi connectivity index (χ2v) is 4.96. The van der Waals surface area contributed by atoms with E-state index in [2.05, 4.69) is 6.07 Å². The Bertz CT molecular complexity index is 616. The maximum Gasteiger partial charge on any atom is 0.268 e. The zero-order valence-corrected chi connectivity index (χ0v) is 11.9. The summed E-state index contributed by atoms with van der Waals surface area (Å²) in [5, 5.41) is 10.5. The molecule has 0 atom stereocenters. The largest absolute Gasteiger partial charge is 0.496 e. The van der Waals surface area contributed by atoms with Gasteiger partial charge in [0.2, 0.25) is 0 Å². The standard InChI is InChI=1S/C15H14N2O2S/c1-19-13-10-14(20-11-13)15(18)17(9-5-8-16)12-6-3-2-4-7-12/h2-4,6-7,10-11H,5,9H2,1H3. The molecule has 0 saturated heterocycles. The maximum absolute atomic E-state index is 12.6. The van der Waals surface area contributed by atoms with Gasteiger partial charge in [-0.3, -0.25) is 4.79 Å². The molecule has 5 heteroatoms. The van der Waals surface area contributed by atoms with Crippen molar-refractivity contribution in [2.45, 2.75) is 6.42 Å². The molecule has 1 heterocycles. The Kier molecular flexibility index (Phi) is 4.75. The molecular weight excluding hydrogens is 272 g/mol. The lowest BCUT2D eigenvalue weighted by molar-refractivity contribution is 0.0991. The summed E-state index contributed by atoms with van der Waals surface area (Å²) in [5.41, 5.74) is 0.792. The van der Waals surface area contributed by atoms with Gasteiger partial charge in [0.25, 0.3) is 5.91 Å². The van der Waals surface area contributed by atoms with Gasteiger partial charge in [0.1, 0.15) is 5.75 Å². The quantitative estimate of drug-likeness (QED) is 0.847. The fourth-order valence-electron chi connectivity index (χ4n) is 1.79. The molecule has 102 valence electrons. The van der Waals surface area contributed by atoms with Crippen LogP contribution in [0.25, 0.3) is 0 Å². The molecule has 2 aromatic rings. The second-order valence-electron chi connectivity index (χ2n) is 4.05. The number of nitriles is 1. The number of thiophene rings is 1. The number of para-hydroxylation sites is 1. The highest BCUT2D eigenvalue weighted by Crippen LogP contribution is 2.25. The third-order valence-electron chi connectivity index (χ3n) is 2.78. The first-order valence-corrected chi connectivity index (χ1v) is 7.00. The molecule has 1 aromatic carbocycles. The van der Waals surface area contributed by atoms with Crippen LogP contribution in [0.4, 0.5) is 5.69 Å². The van der Waals surface area contributed by atoms with Crippen molar-refractivity contribution in [1.29, 1.82) is 5.26 Å². The van der Waals surface area contributed by atoms with Crippen LogP contribution in [0.15, 0.2) is 41.8 Å². The molecule has 1 aromatic heterocycles. The number of amides is 1. The highest BCUT2D eigenvalue weighted by molar-refractivity contribution is 7.12. The zero-order valence-electron chi connectivity index (χ0n) is 11.1. The number of carbonyl (C=O) groups is 1. The topological polar surface area (TPSA) is 53.3 Å². The second kappa shape index (κ2) is 6.73. The van der Waals surface area contributed by atoms with E-state index in [1.807, 2.05) is 30.3 Å². The zero-order chi connectivity index (χ0) is 14.4. The molecule has 1 amide bonds. The summed E-state index contributed by atoms with van der Waals surface area (Å²) in [6.45, 7) is 0.375. The van der Waals surface area contributed by atoms with Crippen LogP contribution in [0.2, 0.25) is 0 Å². The van der Waals surface area contributed by atoms with Crippen molar-refractivity contribution in [2.75, 3.05) is 18.6 Å². The molecule has 4 nitrogen and oxygen atoms in total. The minimum atomic E-state index is -0.111. The highest BCUT2D eigenvalue weighted by Gasteiger charge is 2.19. The molecule has 0 aliphatic heterocycles. The van der Waals surface area contributed by atoms with E-state index in [0.29, 0.717) is 23.6 Å². The first-order valence-electron chi connectivity index (χ1n) is 6.12. The number of carbonyl (C=O) groups excluding carboxylic acids is 1. The van der Waals surface area contributed by atoms with E-state index in [1.165, 1.54) is 11.3 Å². The molecule has 2 rings (SSSR count). The normalized spacial score (nSPS) is 9.80. The Morgan fingerprint density at radius 3 is 2.75 bits per heavy atom. The fraction of sp³-hybridized carbons (Fsp3) is 0.200. The lowest BCUT2D eigenvalue weighted by Gasteiger charge is -2.20. The first-order chi connectivity index (χ1) is 9.76. The van der Waals surface area contributed by atoms with Crippen LogP contribution in [0.3, 0.4) is 0 Å². The molecule has 0 fully saturated rings. The van der Waals surface area contributed by atoms with Crippen LogP contribution in [0, 0.1) is 11.3 Å². The Balaban J connectivity index is 2.26. The molecular formula is C15H14N2O2S. The summed E-state index contributed by atoms with van der Waals surface area (Å²) in [4.78, 5) is 14.8. The number of ether oxygens (including phenoxy) is 1. The van der Waals surface area contributed by atoms with Gasteiger partial charge in [0.15, 0.2) is 0 Å². The van der Waals surface area contributed by atoms with Gasteiger partial charge in [-0.25, -0.2) is 0 Å². The summed E-state index contributed by atoms with van der Waals surface area (Å²) >= 11 is 1.34. The van der Waals surface area contributed by atoms with Crippen molar-refractivity contribution in [3.05, 3.63) is 46.7 Å². The lowest BCUT2D eigenvalue weighted by Crippen LogP contribution is -2.31. The monoisotopic (exact) mass is 286 g/mol. The van der Waals surface area contributed by atoms with Crippen LogP contribution >= 0.6 is 11.3 Å². The maximum atomic E-state index is 12.6. The van der Waals surface area contributed by atoms with Crippen molar-refractivity contribution in [3.63, 3.8) is 0 Å². The Hall–Kier alpha value is -2.32. The van der Waals surface area contributed by atoms with Crippen LogP contribution in [0.5, 0.6) is 5.75 Å². The van der Waals surface area contributed by atoms with Gasteiger partial charge in [-0.1, -0.05) is 18.2 Å². The summed E-state index contributed by atoms with van der Waals surface area (Å²) in [6, 6.07) is 13.2. The van der Waals surface area contributed by atoms with Crippen LogP contribution in [-0.4, -0.2) is 19.6 Å². The Morgan fingerprint density at radius 1 is 1.40 bits per heavy atom. The minimum Gasteiger partial charge on any atom is -0.496 e. The highest BCUT2D eigenvalue weighted by atomic mass is 32.1. The van der Waals surface area contributed by atoms with Crippen LogP contribution in [0.1, 0.15) is 16.1 Å². The van der Waals surface area contributed by atoms with Gasteiger partial charge in [-0.2, -0.15) is 5.26 Å². The molecule has 20 heavy (non-hydrogen) atoms. The van der Waals surface area contributed by atoms with E-state index in [4.69, 9.17) is 10.00 Å². The molecule has 0 unspecified atom stereocenters. The number of hydrogen-bond donors (Lipinski definition) is 0. The molecule has 0 aliphatic carbocycles. The number of rotatable bonds is 5. The summed E-state index contributed by atoms with van der Waals surface area (Å²) < 4.78 is 5.10. The SMILES string of the molecule is COc1csc(C(=O)N(CCC#N)c2ccccc2)c1. The third kappa shape index (κ3) is 3.16. The van der Waals surface area contributed by atoms with E-state index >= 15 is 0 Å². The molecule has 0 saturated carbocycles. The number of anilines is 1. The van der Waals surface area contributed by atoms with Gasteiger partial charge < -0.3 is 9.64 Å². The summed E-state index contributed by atoms with van der Waals surface area (Å²) in [5.74, 6) is 0.561. The summed E-state index contributed by atoms with van der Waals surface area (Å²) in [7, 11) is 1.57. The van der Waals surface area contributed by atoms with E-state index in [-0.39, 0.29) is 5.91 Å². The Morgan fingerprint density at radius 2 is 2.15 bits per heavy atom. The molecule has 0 radical (unpaired) electrons. The van der Waals surface area contributed by atoms with Gasteiger partial charge in [-0.15, -0.1) is 11.3 Å². The number of nitrogens with zero attached hydrogens (tertiary/aromatic N) is 2. The minimum absolute atomic E-state index is 0.111. The van der Waals surface area contributed by atoms with Crippen molar-refractivity contribution >= 4 is 22.9 Å².